The van der Waals surface area contributed by atoms with Gasteiger partial charge in [-0.1, -0.05) is 32.1 Å². The fourth-order valence-corrected chi connectivity index (χ4v) is 3.77. The minimum absolute atomic E-state index is 0.0622. The van der Waals surface area contributed by atoms with Crippen LogP contribution in [-0.2, 0) is 9.53 Å². The Morgan fingerprint density at radius 1 is 1.26 bits per heavy atom. The molecule has 0 aliphatic heterocycles. The zero-order valence-corrected chi connectivity index (χ0v) is 17.4. The van der Waals surface area contributed by atoms with E-state index in [-0.39, 0.29) is 11.9 Å². The fraction of sp³-hybridized carbons (Fsp3) is 0.737. The molecule has 1 saturated carbocycles. The van der Waals surface area contributed by atoms with Gasteiger partial charge in [-0.2, -0.15) is 0 Å². The van der Waals surface area contributed by atoms with Gasteiger partial charge in [-0.25, -0.2) is 9.78 Å². The van der Waals surface area contributed by atoms with Gasteiger partial charge in [-0.05, 0) is 33.1 Å². The third kappa shape index (κ3) is 8.71. The number of ether oxygens (including phenoxy) is 1. The minimum Gasteiger partial charge on any atom is -0.444 e. The number of nitrogens with zero attached hydrogens (tertiary/aromatic N) is 1. The van der Waals surface area contributed by atoms with Gasteiger partial charge < -0.3 is 20.7 Å². The van der Waals surface area contributed by atoms with E-state index in [0.29, 0.717) is 24.1 Å². The van der Waals surface area contributed by atoms with Crippen molar-refractivity contribution in [1.82, 2.24) is 15.6 Å². The van der Waals surface area contributed by atoms with Gasteiger partial charge >= 0.3 is 6.09 Å². The molecule has 1 aliphatic carbocycles. The van der Waals surface area contributed by atoms with E-state index < -0.39 is 11.7 Å². The smallest absolute Gasteiger partial charge is 0.407 e. The van der Waals surface area contributed by atoms with Gasteiger partial charge in [0.15, 0.2) is 5.13 Å². The summed E-state index contributed by atoms with van der Waals surface area (Å²) in [6.07, 6.45) is 8.17. The summed E-state index contributed by atoms with van der Waals surface area (Å²) in [6, 6.07) is -0.294. The van der Waals surface area contributed by atoms with Crippen LogP contribution in [0.3, 0.4) is 0 Å². The van der Waals surface area contributed by atoms with Gasteiger partial charge in [-0.15, -0.1) is 11.3 Å². The number of amides is 2. The standard InChI is InChI=1S/C19H32N4O3S/c1-19(2,3)26-18(25)22-10-9-20-15(13-14-7-5-4-6-8-14)16(24)23-17-21-11-12-27-17/h11-12,14-15,20H,4-10,13H2,1-3H3,(H,22,25)(H,21,23,24)/t15-/m0/s1. The van der Waals surface area contributed by atoms with Gasteiger partial charge in [-0.3, -0.25) is 4.79 Å². The lowest BCUT2D eigenvalue weighted by atomic mass is 9.84. The number of carbonyl (C=O) groups is 2. The second-order valence-electron chi connectivity index (χ2n) is 8.00. The number of alkyl carbamates (subject to hydrolysis) is 1. The van der Waals surface area contributed by atoms with E-state index in [0.717, 1.165) is 6.42 Å². The summed E-state index contributed by atoms with van der Waals surface area (Å²) in [5, 5.41) is 11.3. The van der Waals surface area contributed by atoms with Gasteiger partial charge in [0.1, 0.15) is 5.60 Å². The molecule has 1 fully saturated rings. The van der Waals surface area contributed by atoms with Gasteiger partial charge in [0.2, 0.25) is 5.91 Å². The Morgan fingerprint density at radius 2 is 2.00 bits per heavy atom. The lowest BCUT2D eigenvalue weighted by molar-refractivity contribution is -0.118. The van der Waals surface area contributed by atoms with Crippen molar-refractivity contribution in [3.8, 4) is 0 Å². The number of thiazole rings is 1. The van der Waals surface area contributed by atoms with Gasteiger partial charge in [0.05, 0.1) is 6.04 Å². The number of hydrogen-bond donors (Lipinski definition) is 3. The summed E-state index contributed by atoms with van der Waals surface area (Å²) in [5.41, 5.74) is -0.519. The molecular weight excluding hydrogens is 364 g/mol. The number of aromatic nitrogens is 1. The molecule has 0 saturated heterocycles. The molecule has 1 aromatic rings. The molecule has 2 rings (SSSR count). The third-order valence-electron chi connectivity index (χ3n) is 4.46. The Bertz CT molecular complexity index is 580. The van der Waals surface area contributed by atoms with Crippen molar-refractivity contribution in [1.29, 1.82) is 0 Å². The van der Waals surface area contributed by atoms with Crippen LogP contribution in [-0.4, -0.2) is 41.7 Å². The first-order valence-electron chi connectivity index (χ1n) is 9.74. The molecule has 0 radical (unpaired) electrons. The van der Waals surface area contributed by atoms with Crippen molar-refractivity contribution in [2.24, 2.45) is 5.92 Å². The molecule has 3 N–H and O–H groups in total. The highest BCUT2D eigenvalue weighted by molar-refractivity contribution is 7.13. The molecule has 1 aliphatic rings. The normalized spacial score (nSPS) is 16.6. The van der Waals surface area contributed by atoms with E-state index in [1.807, 2.05) is 26.2 Å². The summed E-state index contributed by atoms with van der Waals surface area (Å²) < 4.78 is 5.22. The zero-order chi connectivity index (χ0) is 19.7. The molecule has 1 atom stereocenters. The molecule has 8 heteroatoms. The molecular formula is C19H32N4O3S. The maximum absolute atomic E-state index is 12.7. The molecule has 2 amide bonds. The van der Waals surface area contributed by atoms with E-state index in [1.165, 1.54) is 43.4 Å². The van der Waals surface area contributed by atoms with Crippen LogP contribution in [0.5, 0.6) is 0 Å². The highest BCUT2D eigenvalue weighted by atomic mass is 32.1. The maximum atomic E-state index is 12.7. The van der Waals surface area contributed by atoms with Gasteiger partial charge in [0.25, 0.3) is 0 Å². The topological polar surface area (TPSA) is 92.4 Å². The summed E-state index contributed by atoms with van der Waals surface area (Å²) in [5.74, 6) is 0.505. The molecule has 0 unspecified atom stereocenters. The third-order valence-corrected chi connectivity index (χ3v) is 5.15. The van der Waals surface area contributed by atoms with Crippen molar-refractivity contribution in [2.75, 3.05) is 18.4 Å². The Morgan fingerprint density at radius 3 is 2.63 bits per heavy atom. The molecule has 0 bridgehead atoms. The van der Waals surface area contributed by atoms with E-state index in [4.69, 9.17) is 4.74 Å². The number of hydrogen-bond acceptors (Lipinski definition) is 6. The molecule has 0 spiro atoms. The fourth-order valence-electron chi connectivity index (χ4n) is 3.24. The van der Waals surface area contributed by atoms with Crippen LogP contribution in [0.2, 0.25) is 0 Å². The van der Waals surface area contributed by atoms with E-state index in [1.54, 1.807) is 6.20 Å². The van der Waals surface area contributed by atoms with Crippen molar-refractivity contribution in [2.45, 2.75) is 70.9 Å². The van der Waals surface area contributed by atoms with Crippen molar-refractivity contribution >= 4 is 28.5 Å². The number of nitrogens with one attached hydrogen (secondary N) is 3. The molecule has 27 heavy (non-hydrogen) atoms. The van der Waals surface area contributed by atoms with E-state index in [2.05, 4.69) is 20.9 Å². The molecule has 7 nitrogen and oxygen atoms in total. The van der Waals surface area contributed by atoms with Crippen LogP contribution in [0.4, 0.5) is 9.93 Å². The summed E-state index contributed by atoms with van der Waals surface area (Å²) in [7, 11) is 0. The molecule has 1 aromatic heterocycles. The quantitative estimate of drug-likeness (QED) is 0.585. The molecule has 0 aromatic carbocycles. The first-order chi connectivity index (χ1) is 12.8. The number of rotatable bonds is 8. The Labute approximate surface area is 165 Å². The monoisotopic (exact) mass is 396 g/mol. The number of anilines is 1. The predicted molar refractivity (Wildman–Crippen MR) is 108 cm³/mol. The van der Waals surface area contributed by atoms with Crippen molar-refractivity contribution in [3.05, 3.63) is 11.6 Å². The first kappa shape index (κ1) is 21.6. The summed E-state index contributed by atoms with van der Waals surface area (Å²) in [6.45, 7) is 6.39. The maximum Gasteiger partial charge on any atom is 0.407 e. The van der Waals surface area contributed by atoms with Crippen LogP contribution < -0.4 is 16.0 Å². The molecule has 152 valence electrons. The second-order valence-corrected chi connectivity index (χ2v) is 8.90. The Hall–Kier alpha value is -1.67. The van der Waals surface area contributed by atoms with Crippen LogP contribution in [0, 0.1) is 5.92 Å². The van der Waals surface area contributed by atoms with Crippen LogP contribution in [0.1, 0.15) is 59.3 Å². The second kappa shape index (κ2) is 10.6. The SMILES string of the molecule is CC(C)(C)OC(=O)NCCN[C@@H](CC1CCCCC1)C(=O)Nc1nccs1. The van der Waals surface area contributed by atoms with Crippen molar-refractivity contribution in [3.63, 3.8) is 0 Å². The van der Waals surface area contributed by atoms with Gasteiger partial charge in [0, 0.05) is 24.7 Å². The number of carbonyl (C=O) groups excluding carboxylic acids is 2. The summed E-state index contributed by atoms with van der Waals surface area (Å²) in [4.78, 5) is 28.5. The van der Waals surface area contributed by atoms with E-state index >= 15 is 0 Å². The lowest BCUT2D eigenvalue weighted by Crippen LogP contribution is -2.45. The Kier molecular flexibility index (Phi) is 8.50. The largest absolute Gasteiger partial charge is 0.444 e. The van der Waals surface area contributed by atoms with E-state index in [9.17, 15) is 9.59 Å². The highest BCUT2D eigenvalue weighted by Crippen LogP contribution is 2.27. The molecule has 1 heterocycles. The summed E-state index contributed by atoms with van der Waals surface area (Å²) >= 11 is 1.41. The van der Waals surface area contributed by atoms with Crippen LogP contribution in [0.15, 0.2) is 11.6 Å². The van der Waals surface area contributed by atoms with Crippen LogP contribution in [0.25, 0.3) is 0 Å². The van der Waals surface area contributed by atoms with Crippen LogP contribution >= 0.6 is 11.3 Å². The van der Waals surface area contributed by atoms with Crippen molar-refractivity contribution < 1.29 is 14.3 Å². The predicted octanol–water partition coefficient (Wildman–Crippen LogP) is 3.53. The average Bonchev–Trinajstić information content (AvgIpc) is 3.10. The minimum atomic E-state index is -0.519. The lowest BCUT2D eigenvalue weighted by Gasteiger charge is -2.26. The Balaban J connectivity index is 1.81. The zero-order valence-electron chi connectivity index (χ0n) is 16.5. The first-order valence-corrected chi connectivity index (χ1v) is 10.6. The average molecular weight is 397 g/mol. The highest BCUT2D eigenvalue weighted by Gasteiger charge is 2.24.